The topological polar surface area (TPSA) is 138 Å². The van der Waals surface area contributed by atoms with Gasteiger partial charge in [0, 0.05) is 26.8 Å². The fourth-order valence-electron chi connectivity index (χ4n) is 5.13. The Bertz CT molecular complexity index is 1880. The molecule has 5 N–H and O–H groups in total. The Morgan fingerprint density at radius 2 is 0.788 bits per heavy atom. The van der Waals surface area contributed by atoms with Gasteiger partial charge in [-0.05, 0) is 159 Å². The lowest BCUT2D eigenvalue weighted by atomic mass is 10.0. The molecular formula is C33H32Br9N5O5. The van der Waals surface area contributed by atoms with Gasteiger partial charge in [-0.15, -0.1) is 0 Å². The van der Waals surface area contributed by atoms with E-state index in [9.17, 15) is 19.2 Å². The van der Waals surface area contributed by atoms with Crippen molar-refractivity contribution < 1.29 is 24.0 Å². The molecule has 3 rings (SSSR count). The molecule has 10 nitrogen and oxygen atoms in total. The van der Waals surface area contributed by atoms with E-state index in [0.29, 0.717) is 37.5 Å². The van der Waals surface area contributed by atoms with E-state index in [4.69, 9.17) is 4.84 Å². The lowest BCUT2D eigenvalue weighted by Gasteiger charge is -2.20. The van der Waals surface area contributed by atoms with Gasteiger partial charge in [-0.3, -0.25) is 29.5 Å². The molecule has 0 radical (unpaired) electrons. The van der Waals surface area contributed by atoms with Crippen molar-refractivity contribution in [1.82, 2.24) is 10.6 Å². The highest BCUT2D eigenvalue weighted by atomic mass is 79.9. The second-order valence-corrected chi connectivity index (χ2v) is 17.9. The Kier molecular flexibility index (Phi) is 18.3. The number of carbonyl (C=O) groups is 4. The van der Waals surface area contributed by atoms with E-state index in [-0.39, 0.29) is 39.0 Å². The maximum absolute atomic E-state index is 13.7. The monoisotopic (exact) mass is 1290 g/mol. The van der Waals surface area contributed by atoms with Crippen molar-refractivity contribution in [3.63, 3.8) is 0 Å². The van der Waals surface area contributed by atoms with Gasteiger partial charge in [0.2, 0.25) is 11.8 Å². The van der Waals surface area contributed by atoms with E-state index in [1.54, 1.807) is 0 Å². The third-order valence-electron chi connectivity index (χ3n) is 7.73. The van der Waals surface area contributed by atoms with Crippen molar-refractivity contribution in [2.45, 2.75) is 53.4 Å². The van der Waals surface area contributed by atoms with Crippen LogP contribution in [0.3, 0.4) is 0 Å². The van der Waals surface area contributed by atoms with E-state index < -0.39 is 23.6 Å². The molecular weight excluding hydrogens is 1270 g/mol. The van der Waals surface area contributed by atoms with Gasteiger partial charge in [0.05, 0.1) is 61.8 Å². The highest BCUT2D eigenvalue weighted by Gasteiger charge is 2.28. The predicted molar refractivity (Wildman–Crippen MR) is 239 cm³/mol. The molecule has 0 aromatic heterocycles. The second kappa shape index (κ2) is 20.7. The first-order valence-corrected chi connectivity index (χ1v) is 22.7. The summed E-state index contributed by atoms with van der Waals surface area (Å²) in [7, 11) is 1.39. The number of rotatable bonds is 14. The standard InChI is InChI=1S/C33H32Br9N5O5/c1-6-12-20(34)13(7-2)23(37)18(22(12)36)32(50)43-11-17(49)46-30-26(40)19(27(41)31(28(30)42)47-52-5)33(51)44-10-16(48)45-29-24(38)14(8-3)21(35)15(9-4)25(29)39/h47H,6-11H2,1-5H3,(H,43,50)(H,44,51)(H,45,48)(H,46,49). The molecule has 0 heterocycles. The van der Waals surface area contributed by atoms with Gasteiger partial charge in [0.15, 0.2) is 0 Å². The zero-order chi connectivity index (χ0) is 39.2. The summed E-state index contributed by atoms with van der Waals surface area (Å²) < 4.78 is 5.38. The lowest BCUT2D eigenvalue weighted by Crippen LogP contribution is -2.34. The number of nitrogens with one attached hydrogen (secondary N) is 5. The van der Waals surface area contributed by atoms with Gasteiger partial charge < -0.3 is 21.3 Å². The minimum absolute atomic E-state index is 0.0596. The van der Waals surface area contributed by atoms with Crippen LogP contribution in [0.1, 0.15) is 70.7 Å². The van der Waals surface area contributed by atoms with Crippen LogP contribution >= 0.6 is 143 Å². The Morgan fingerprint density at radius 3 is 1.15 bits per heavy atom. The maximum atomic E-state index is 13.7. The summed E-state index contributed by atoms with van der Waals surface area (Å²) in [6.07, 6.45) is 2.78. The summed E-state index contributed by atoms with van der Waals surface area (Å²) in [6.45, 7) is 7.26. The average molecular weight is 1300 g/mol. The molecule has 4 amide bonds. The minimum Gasteiger partial charge on any atom is -0.343 e. The highest BCUT2D eigenvalue weighted by molar-refractivity contribution is 9.12. The van der Waals surface area contributed by atoms with E-state index in [1.165, 1.54) is 7.11 Å². The highest BCUT2D eigenvalue weighted by Crippen LogP contribution is 2.46. The molecule has 0 bridgehead atoms. The number of hydrogen-bond acceptors (Lipinski definition) is 6. The van der Waals surface area contributed by atoms with Crippen LogP contribution in [0, 0.1) is 0 Å². The van der Waals surface area contributed by atoms with E-state index in [0.717, 1.165) is 53.0 Å². The smallest absolute Gasteiger partial charge is 0.254 e. The number of anilines is 3. The molecule has 0 atom stereocenters. The van der Waals surface area contributed by atoms with Gasteiger partial charge in [-0.1, -0.05) is 59.6 Å². The van der Waals surface area contributed by atoms with Crippen LogP contribution < -0.4 is 26.7 Å². The molecule has 0 aliphatic carbocycles. The number of amides is 4. The summed E-state index contributed by atoms with van der Waals surface area (Å²) in [6, 6.07) is 0. The van der Waals surface area contributed by atoms with E-state index in [1.807, 2.05) is 27.7 Å². The maximum Gasteiger partial charge on any atom is 0.254 e. The Morgan fingerprint density at radius 1 is 0.462 bits per heavy atom. The van der Waals surface area contributed by atoms with Crippen LogP contribution in [0.2, 0.25) is 0 Å². The fraction of sp³-hybridized carbons (Fsp3) is 0.333. The molecule has 3 aromatic rings. The normalized spacial score (nSPS) is 11.0. The first kappa shape index (κ1) is 46.0. The molecule has 3 aromatic carbocycles. The summed E-state index contributed by atoms with van der Waals surface area (Å²) in [5.74, 6) is -2.14. The van der Waals surface area contributed by atoms with Crippen LogP contribution in [0.25, 0.3) is 0 Å². The number of carbonyl (C=O) groups excluding carboxylic acids is 4. The zero-order valence-electron chi connectivity index (χ0n) is 28.2. The molecule has 0 aliphatic rings. The first-order chi connectivity index (χ1) is 24.5. The van der Waals surface area contributed by atoms with Gasteiger partial charge in [0.25, 0.3) is 11.8 Å². The Hall–Kier alpha value is -0.380. The van der Waals surface area contributed by atoms with Crippen LogP contribution in [-0.2, 0) is 40.1 Å². The SMILES string of the molecule is CCc1c(Br)c(CC)c(Br)c(NC(=O)CNC(=O)c2c(Br)c(NOC)c(Br)c(NC(=O)CNC(=O)c3c(Br)c(CC)c(Br)c(CC)c3Br)c2Br)c1Br. The summed E-state index contributed by atoms with van der Waals surface area (Å²) in [5, 5.41) is 11.0. The molecule has 0 saturated carbocycles. The third kappa shape index (κ3) is 9.94. The molecule has 0 aliphatic heterocycles. The summed E-state index contributed by atoms with van der Waals surface area (Å²) >= 11 is 32.1. The van der Waals surface area contributed by atoms with Crippen molar-refractivity contribution in [3.05, 3.63) is 73.6 Å². The average Bonchev–Trinajstić information content (AvgIpc) is 3.09. The first-order valence-electron chi connectivity index (χ1n) is 15.5. The largest absolute Gasteiger partial charge is 0.343 e. The van der Waals surface area contributed by atoms with Crippen LogP contribution in [-0.4, -0.2) is 43.8 Å². The van der Waals surface area contributed by atoms with Gasteiger partial charge in [0.1, 0.15) is 0 Å². The van der Waals surface area contributed by atoms with E-state index in [2.05, 4.69) is 170 Å². The third-order valence-corrected chi connectivity index (χ3v) is 15.5. The molecule has 0 saturated heterocycles. The van der Waals surface area contributed by atoms with Crippen molar-refractivity contribution in [2.24, 2.45) is 0 Å². The minimum atomic E-state index is -0.634. The van der Waals surface area contributed by atoms with Gasteiger partial charge in [-0.25, -0.2) is 0 Å². The molecule has 0 fully saturated rings. The van der Waals surface area contributed by atoms with Crippen molar-refractivity contribution >= 4 is 184 Å². The van der Waals surface area contributed by atoms with Crippen LogP contribution in [0.15, 0.2) is 40.3 Å². The zero-order valence-corrected chi connectivity index (χ0v) is 42.5. The van der Waals surface area contributed by atoms with Gasteiger partial charge >= 0.3 is 0 Å². The van der Waals surface area contributed by atoms with Crippen molar-refractivity contribution in [2.75, 3.05) is 36.3 Å². The molecule has 0 unspecified atom stereocenters. The molecule has 0 spiro atoms. The predicted octanol–water partition coefficient (Wildman–Crippen LogP) is 11.5. The Balaban J connectivity index is 1.86. The second-order valence-electron chi connectivity index (χ2n) is 10.8. The van der Waals surface area contributed by atoms with Crippen molar-refractivity contribution in [3.8, 4) is 0 Å². The van der Waals surface area contributed by atoms with Crippen LogP contribution in [0.4, 0.5) is 17.1 Å². The Labute approximate surface area is 377 Å². The summed E-state index contributed by atoms with van der Waals surface area (Å²) in [5.41, 5.74) is 8.02. The number of benzene rings is 3. The quantitative estimate of drug-likeness (QED) is 0.102. The molecule has 52 heavy (non-hydrogen) atoms. The van der Waals surface area contributed by atoms with E-state index >= 15 is 0 Å². The lowest BCUT2D eigenvalue weighted by molar-refractivity contribution is -0.116. The fourth-order valence-corrected chi connectivity index (χ4v) is 14.6. The van der Waals surface area contributed by atoms with Crippen LogP contribution in [0.5, 0.6) is 0 Å². The summed E-state index contributed by atoms with van der Waals surface area (Å²) in [4.78, 5) is 58.6. The number of halogens is 9. The van der Waals surface area contributed by atoms with Gasteiger partial charge in [-0.2, -0.15) is 0 Å². The molecule has 282 valence electrons. The van der Waals surface area contributed by atoms with Crippen molar-refractivity contribution in [1.29, 1.82) is 0 Å². The molecule has 19 heteroatoms. The number of hydrogen-bond donors (Lipinski definition) is 5.